The second kappa shape index (κ2) is 66.6. The molecular formula is C73H124O6. The molecule has 1 unspecified atom stereocenters. The van der Waals surface area contributed by atoms with Crippen molar-refractivity contribution in [2.75, 3.05) is 13.2 Å². The molecule has 0 spiro atoms. The van der Waals surface area contributed by atoms with Gasteiger partial charge >= 0.3 is 17.9 Å². The molecular weight excluding hydrogens is 973 g/mol. The highest BCUT2D eigenvalue weighted by atomic mass is 16.6. The normalized spacial score (nSPS) is 12.8. The van der Waals surface area contributed by atoms with Crippen LogP contribution >= 0.6 is 0 Å². The van der Waals surface area contributed by atoms with Gasteiger partial charge in [-0.1, -0.05) is 316 Å². The van der Waals surface area contributed by atoms with E-state index in [-0.39, 0.29) is 31.1 Å². The predicted octanol–water partition coefficient (Wildman–Crippen LogP) is 23.0. The van der Waals surface area contributed by atoms with E-state index in [1.54, 1.807) is 0 Å². The molecule has 0 saturated heterocycles. The third kappa shape index (κ3) is 64.8. The maximum Gasteiger partial charge on any atom is 0.306 e. The number of unbranched alkanes of at least 4 members (excludes halogenated alkanes) is 31. The van der Waals surface area contributed by atoms with Gasteiger partial charge in [-0.3, -0.25) is 14.4 Å². The quantitative estimate of drug-likeness (QED) is 0.0261. The van der Waals surface area contributed by atoms with Crippen LogP contribution in [-0.2, 0) is 28.6 Å². The van der Waals surface area contributed by atoms with Crippen LogP contribution in [-0.4, -0.2) is 37.2 Å². The number of rotatable bonds is 60. The average Bonchev–Trinajstić information content (AvgIpc) is 3.45. The lowest BCUT2D eigenvalue weighted by Gasteiger charge is -2.18. The summed E-state index contributed by atoms with van der Waals surface area (Å²) in [5, 5.41) is 0. The van der Waals surface area contributed by atoms with E-state index in [9.17, 15) is 14.4 Å². The molecule has 0 bridgehead atoms. The number of hydrogen-bond acceptors (Lipinski definition) is 6. The molecule has 0 radical (unpaired) electrons. The first-order valence-electron chi connectivity index (χ1n) is 33.4. The zero-order valence-electron chi connectivity index (χ0n) is 51.9. The fourth-order valence-electron chi connectivity index (χ4n) is 9.32. The summed E-state index contributed by atoms with van der Waals surface area (Å²) in [7, 11) is 0. The Balaban J connectivity index is 4.28. The number of carbonyl (C=O) groups is 3. The highest BCUT2D eigenvalue weighted by molar-refractivity contribution is 5.71. The molecule has 0 aromatic rings. The number of allylic oxidation sites excluding steroid dienone is 18. The van der Waals surface area contributed by atoms with Crippen LogP contribution in [0.25, 0.3) is 0 Å². The first kappa shape index (κ1) is 75.1. The molecule has 0 rings (SSSR count). The fraction of sp³-hybridized carbons (Fsp3) is 0.712. The van der Waals surface area contributed by atoms with E-state index in [4.69, 9.17) is 14.2 Å². The highest BCUT2D eigenvalue weighted by Crippen LogP contribution is 2.17. The molecule has 0 heterocycles. The van der Waals surface area contributed by atoms with E-state index in [1.807, 2.05) is 0 Å². The zero-order valence-corrected chi connectivity index (χ0v) is 51.9. The third-order valence-corrected chi connectivity index (χ3v) is 14.3. The largest absolute Gasteiger partial charge is 0.462 e. The van der Waals surface area contributed by atoms with Crippen molar-refractivity contribution in [3.63, 3.8) is 0 Å². The molecule has 0 saturated carbocycles. The maximum atomic E-state index is 12.9. The minimum absolute atomic E-state index is 0.0799. The number of carbonyl (C=O) groups excluding carboxylic acids is 3. The first-order chi connectivity index (χ1) is 39.0. The van der Waals surface area contributed by atoms with Crippen LogP contribution in [0.15, 0.2) is 109 Å². The topological polar surface area (TPSA) is 78.9 Å². The van der Waals surface area contributed by atoms with Gasteiger partial charge in [0.05, 0.1) is 0 Å². The Bertz CT molecular complexity index is 1590. The van der Waals surface area contributed by atoms with Gasteiger partial charge in [-0.2, -0.15) is 0 Å². The van der Waals surface area contributed by atoms with Crippen molar-refractivity contribution in [3.05, 3.63) is 109 Å². The van der Waals surface area contributed by atoms with Crippen molar-refractivity contribution in [2.24, 2.45) is 0 Å². The molecule has 6 heteroatoms. The maximum absolute atomic E-state index is 12.9. The van der Waals surface area contributed by atoms with Crippen molar-refractivity contribution in [2.45, 2.75) is 322 Å². The second-order valence-corrected chi connectivity index (χ2v) is 22.0. The average molecular weight is 1100 g/mol. The number of ether oxygens (including phenoxy) is 3. The molecule has 1 atom stereocenters. The molecule has 6 nitrogen and oxygen atoms in total. The van der Waals surface area contributed by atoms with Crippen LogP contribution in [0.4, 0.5) is 0 Å². The Kier molecular flexibility index (Phi) is 63.3. The molecule has 0 aliphatic rings. The minimum Gasteiger partial charge on any atom is -0.462 e. The molecule has 0 N–H and O–H groups in total. The van der Waals surface area contributed by atoms with Gasteiger partial charge in [-0.05, 0) is 89.9 Å². The van der Waals surface area contributed by atoms with E-state index in [1.165, 1.54) is 141 Å². The Labute approximate surface area is 489 Å². The highest BCUT2D eigenvalue weighted by Gasteiger charge is 2.19. The van der Waals surface area contributed by atoms with Crippen molar-refractivity contribution in [1.82, 2.24) is 0 Å². The van der Waals surface area contributed by atoms with Crippen LogP contribution in [0.5, 0.6) is 0 Å². The van der Waals surface area contributed by atoms with Gasteiger partial charge in [0.25, 0.3) is 0 Å². The SMILES string of the molecule is CC/C=C\C/C=C\C/C=C\C/C=C\C/C=C\C/C=C\C/C=C\C/C=C\C/C=C\CCCCCCCC(=O)OCC(COC(=O)CCCCCCCCCCCCCC)OC(=O)CCCCCCCCCCCCCCCCCC. The summed E-state index contributed by atoms with van der Waals surface area (Å²) in [6.45, 7) is 6.54. The van der Waals surface area contributed by atoms with Crippen molar-refractivity contribution >= 4 is 17.9 Å². The van der Waals surface area contributed by atoms with Gasteiger partial charge in [0.2, 0.25) is 0 Å². The molecule has 452 valence electrons. The third-order valence-electron chi connectivity index (χ3n) is 14.3. The van der Waals surface area contributed by atoms with Gasteiger partial charge in [-0.15, -0.1) is 0 Å². The minimum atomic E-state index is -0.784. The smallest absolute Gasteiger partial charge is 0.306 e. The predicted molar refractivity (Wildman–Crippen MR) is 343 cm³/mol. The lowest BCUT2D eigenvalue weighted by atomic mass is 10.0. The van der Waals surface area contributed by atoms with E-state index >= 15 is 0 Å². The Morgan fingerprint density at radius 3 is 0.772 bits per heavy atom. The van der Waals surface area contributed by atoms with Crippen molar-refractivity contribution in [3.8, 4) is 0 Å². The van der Waals surface area contributed by atoms with Crippen LogP contribution in [0.3, 0.4) is 0 Å². The number of hydrogen-bond donors (Lipinski definition) is 0. The van der Waals surface area contributed by atoms with Gasteiger partial charge in [0.15, 0.2) is 6.10 Å². The molecule has 0 aliphatic carbocycles. The van der Waals surface area contributed by atoms with E-state index in [0.717, 1.165) is 135 Å². The van der Waals surface area contributed by atoms with Crippen LogP contribution in [0, 0.1) is 0 Å². The lowest BCUT2D eigenvalue weighted by Crippen LogP contribution is -2.30. The Hall–Kier alpha value is -3.93. The van der Waals surface area contributed by atoms with Crippen molar-refractivity contribution < 1.29 is 28.6 Å². The molecule has 0 amide bonds. The summed E-state index contributed by atoms with van der Waals surface area (Å²) in [5.74, 6) is -0.888. The van der Waals surface area contributed by atoms with Gasteiger partial charge in [-0.25, -0.2) is 0 Å². The Morgan fingerprint density at radius 1 is 0.266 bits per heavy atom. The van der Waals surface area contributed by atoms with Gasteiger partial charge < -0.3 is 14.2 Å². The molecule has 0 fully saturated rings. The Morgan fingerprint density at radius 2 is 0.494 bits per heavy atom. The second-order valence-electron chi connectivity index (χ2n) is 22.0. The number of esters is 3. The molecule has 0 aromatic heterocycles. The summed E-state index contributed by atoms with van der Waals surface area (Å²) in [6, 6.07) is 0. The van der Waals surface area contributed by atoms with Crippen LogP contribution in [0.1, 0.15) is 316 Å². The van der Waals surface area contributed by atoms with E-state index in [0.29, 0.717) is 19.3 Å². The van der Waals surface area contributed by atoms with E-state index < -0.39 is 6.10 Å². The summed E-state index contributed by atoms with van der Waals surface area (Å²) in [6.07, 6.45) is 91.0. The van der Waals surface area contributed by atoms with E-state index in [2.05, 4.69) is 130 Å². The molecule has 0 aromatic carbocycles. The summed E-state index contributed by atoms with van der Waals surface area (Å²) < 4.78 is 16.9. The lowest BCUT2D eigenvalue weighted by molar-refractivity contribution is -0.167. The van der Waals surface area contributed by atoms with Crippen molar-refractivity contribution in [1.29, 1.82) is 0 Å². The van der Waals surface area contributed by atoms with Crippen LogP contribution < -0.4 is 0 Å². The first-order valence-corrected chi connectivity index (χ1v) is 33.4. The standard InChI is InChI=1S/C73H124O6/c1-4-7-10-13-16-19-22-25-27-29-30-31-32-33-34-35-36-37-38-39-40-41-42-43-44-45-47-48-51-54-57-60-63-66-72(75)78-69-70(68-77-71(74)65-62-59-56-53-50-24-21-18-15-12-9-6-3)79-73(76)67-64-61-58-55-52-49-46-28-26-23-20-17-14-11-8-5-2/h7,10,16,19,25,27,30-31,33-34,36-37,39-40,42-43,45,47,70H,4-6,8-9,11-15,17-18,20-24,26,28-29,32,35,38,41,44,46,48-69H2,1-3H3/b10-7-,19-16-,27-25-,31-30-,34-33-,37-36-,40-39-,43-42-,47-45-. The summed E-state index contributed by atoms with van der Waals surface area (Å²) in [4.78, 5) is 38.3. The van der Waals surface area contributed by atoms with Crippen LogP contribution in [0.2, 0.25) is 0 Å². The monoisotopic (exact) mass is 1100 g/mol. The molecule has 0 aliphatic heterocycles. The zero-order chi connectivity index (χ0) is 57.1. The van der Waals surface area contributed by atoms with Gasteiger partial charge in [0.1, 0.15) is 13.2 Å². The summed E-state index contributed by atoms with van der Waals surface area (Å²) in [5.41, 5.74) is 0. The fourth-order valence-corrected chi connectivity index (χ4v) is 9.32. The summed E-state index contributed by atoms with van der Waals surface area (Å²) >= 11 is 0. The molecule has 79 heavy (non-hydrogen) atoms. The van der Waals surface area contributed by atoms with Gasteiger partial charge in [0, 0.05) is 19.3 Å².